The average Bonchev–Trinajstić information content (AvgIpc) is 3.15. The molecule has 0 aliphatic carbocycles. The number of rotatable bonds is 5. The van der Waals surface area contributed by atoms with Gasteiger partial charge in [0.1, 0.15) is 11.0 Å². The monoisotopic (exact) mass is 751 g/mol. The number of hydrogen-bond donors (Lipinski definition) is 1. The highest BCUT2D eigenvalue weighted by atomic mass is 35.5. The number of aryl methyl sites for hydroxylation is 4. The molecule has 0 amide bonds. The van der Waals surface area contributed by atoms with E-state index in [9.17, 15) is 0 Å². The highest BCUT2D eigenvalue weighted by Gasteiger charge is 2.19. The summed E-state index contributed by atoms with van der Waals surface area (Å²) in [4.78, 5) is 17.6. The molecule has 0 aliphatic rings. The third-order valence-electron chi connectivity index (χ3n) is 9.58. The van der Waals surface area contributed by atoms with Gasteiger partial charge in [-0.05, 0) is 144 Å². The van der Waals surface area contributed by atoms with Gasteiger partial charge in [-0.1, -0.05) is 71.2 Å². The van der Waals surface area contributed by atoms with Crippen LogP contribution in [0, 0.1) is 27.7 Å². The Hall–Kier alpha value is -5.33. The zero-order chi connectivity index (χ0) is 37.2. The second-order valence-electron chi connectivity index (χ2n) is 12.9. The van der Waals surface area contributed by atoms with E-state index < -0.39 is 0 Å². The largest absolute Gasteiger partial charge is 0.373 e. The molecule has 0 aliphatic heterocycles. The van der Waals surface area contributed by atoms with Crippen LogP contribution in [0.3, 0.4) is 0 Å². The minimum atomic E-state index is 0.461. The quantitative estimate of drug-likeness (QED) is 0.177. The van der Waals surface area contributed by atoms with Crippen LogP contribution in [0.4, 0.5) is 5.82 Å². The summed E-state index contributed by atoms with van der Waals surface area (Å²) in [6.45, 7) is 8.51. The van der Waals surface area contributed by atoms with Crippen molar-refractivity contribution < 1.29 is 0 Å². The third kappa shape index (κ3) is 7.08. The molecule has 262 valence electrons. The molecule has 1 N–H and O–H groups in total. The molecular weight excluding hydrogens is 717 g/mol. The summed E-state index contributed by atoms with van der Waals surface area (Å²) in [7, 11) is 1.88. The van der Waals surface area contributed by atoms with Crippen LogP contribution in [0.5, 0.6) is 0 Å². The van der Waals surface area contributed by atoms with Crippen molar-refractivity contribution >= 4 is 62.4 Å². The van der Waals surface area contributed by atoms with E-state index in [0.717, 1.165) is 77.2 Å². The number of halogens is 3. The van der Waals surface area contributed by atoms with Gasteiger partial charge < -0.3 is 5.32 Å². The first-order valence-corrected chi connectivity index (χ1v) is 18.3. The van der Waals surface area contributed by atoms with Crippen molar-refractivity contribution in [2.45, 2.75) is 27.7 Å². The second kappa shape index (κ2) is 15.3. The first-order chi connectivity index (χ1) is 25.7. The number of fused-ring (bicyclic) bond motifs is 2. The number of nitrogens with one attached hydrogen (secondary N) is 1. The van der Waals surface area contributed by atoms with Crippen LogP contribution >= 0.6 is 34.8 Å². The lowest BCUT2D eigenvalue weighted by molar-refractivity contribution is 1.30. The summed E-state index contributed by atoms with van der Waals surface area (Å²) >= 11 is 19.4. The van der Waals surface area contributed by atoms with Crippen molar-refractivity contribution in [2.24, 2.45) is 0 Å². The fourth-order valence-electron chi connectivity index (χ4n) is 7.33. The fourth-order valence-corrected chi connectivity index (χ4v) is 8.00. The van der Waals surface area contributed by atoms with Crippen molar-refractivity contribution in [3.63, 3.8) is 0 Å². The van der Waals surface area contributed by atoms with Gasteiger partial charge in [-0.3, -0.25) is 9.97 Å². The Kier molecular flexibility index (Phi) is 10.4. The molecule has 4 aromatic heterocycles. The zero-order valence-electron chi connectivity index (χ0n) is 30.0. The SMILES string of the molecule is CNc1cc(-c2ccccc2Cl)c2c(C)c(-c3ccncc3)c(C)cc2n1.Cc1cc2nc(Cl)cc(-c3ccccc3Cl)c2c(C)c1-c1ccncc1. The van der Waals surface area contributed by atoms with E-state index >= 15 is 0 Å². The van der Waals surface area contributed by atoms with Crippen molar-refractivity contribution in [1.82, 2.24) is 19.9 Å². The normalized spacial score (nSPS) is 11.0. The van der Waals surface area contributed by atoms with Gasteiger partial charge in [0.25, 0.3) is 0 Å². The first kappa shape index (κ1) is 36.0. The van der Waals surface area contributed by atoms with E-state index in [-0.39, 0.29) is 0 Å². The van der Waals surface area contributed by atoms with Gasteiger partial charge in [0.05, 0.1) is 11.0 Å². The van der Waals surface area contributed by atoms with Gasteiger partial charge in [-0.2, -0.15) is 0 Å². The Morgan fingerprint density at radius 1 is 0.491 bits per heavy atom. The Morgan fingerprint density at radius 3 is 1.38 bits per heavy atom. The highest BCUT2D eigenvalue weighted by molar-refractivity contribution is 6.35. The predicted octanol–water partition coefficient (Wildman–Crippen LogP) is 13.2. The van der Waals surface area contributed by atoms with Crippen molar-refractivity contribution in [1.29, 1.82) is 0 Å². The maximum absolute atomic E-state index is 6.55. The Labute approximate surface area is 324 Å². The van der Waals surface area contributed by atoms with Gasteiger partial charge in [-0.25, -0.2) is 9.97 Å². The molecule has 0 bridgehead atoms. The molecule has 4 aromatic carbocycles. The molecule has 0 saturated heterocycles. The molecule has 0 atom stereocenters. The van der Waals surface area contributed by atoms with E-state index in [1.807, 2.05) is 105 Å². The van der Waals surface area contributed by atoms with Crippen molar-refractivity contribution in [3.8, 4) is 44.5 Å². The topological polar surface area (TPSA) is 63.6 Å². The van der Waals surface area contributed by atoms with Crippen LogP contribution in [0.1, 0.15) is 22.3 Å². The molecule has 0 unspecified atom stereocenters. The summed E-state index contributed by atoms with van der Waals surface area (Å²) in [5.41, 5.74) is 15.3. The molecule has 5 nitrogen and oxygen atoms in total. The number of nitrogens with zero attached hydrogens (tertiary/aromatic N) is 4. The fraction of sp³-hybridized carbons (Fsp3) is 0.111. The molecule has 4 heterocycles. The van der Waals surface area contributed by atoms with Gasteiger partial charge in [0.15, 0.2) is 0 Å². The number of pyridine rings is 4. The summed E-state index contributed by atoms with van der Waals surface area (Å²) < 4.78 is 0. The molecule has 8 aromatic rings. The van der Waals surface area contributed by atoms with Crippen LogP contribution < -0.4 is 5.32 Å². The first-order valence-electron chi connectivity index (χ1n) is 17.2. The smallest absolute Gasteiger partial charge is 0.130 e. The van der Waals surface area contributed by atoms with Crippen LogP contribution in [0.2, 0.25) is 15.2 Å². The summed E-state index contributed by atoms with van der Waals surface area (Å²) in [6, 6.07) is 32.1. The summed E-state index contributed by atoms with van der Waals surface area (Å²) in [6.07, 6.45) is 7.28. The predicted molar refractivity (Wildman–Crippen MR) is 224 cm³/mol. The van der Waals surface area contributed by atoms with Crippen LogP contribution in [0.25, 0.3) is 66.3 Å². The second-order valence-corrected chi connectivity index (χ2v) is 14.1. The Balaban J connectivity index is 0.000000164. The molecule has 53 heavy (non-hydrogen) atoms. The zero-order valence-corrected chi connectivity index (χ0v) is 32.2. The lowest BCUT2D eigenvalue weighted by Crippen LogP contribution is -1.99. The van der Waals surface area contributed by atoms with Crippen molar-refractivity contribution in [2.75, 3.05) is 12.4 Å². The van der Waals surface area contributed by atoms with E-state index in [4.69, 9.17) is 39.8 Å². The van der Waals surface area contributed by atoms with Crippen LogP contribution in [-0.4, -0.2) is 27.0 Å². The average molecular weight is 753 g/mol. The molecule has 0 radical (unpaired) electrons. The van der Waals surface area contributed by atoms with E-state index in [0.29, 0.717) is 10.2 Å². The van der Waals surface area contributed by atoms with Crippen LogP contribution in [-0.2, 0) is 0 Å². The van der Waals surface area contributed by atoms with E-state index in [2.05, 4.69) is 72.2 Å². The molecule has 8 rings (SSSR count). The minimum Gasteiger partial charge on any atom is -0.373 e. The summed E-state index contributed by atoms with van der Waals surface area (Å²) in [5.74, 6) is 0.827. The van der Waals surface area contributed by atoms with Gasteiger partial charge in [0.2, 0.25) is 0 Å². The Morgan fingerprint density at radius 2 is 0.925 bits per heavy atom. The van der Waals surface area contributed by atoms with E-state index in [1.165, 1.54) is 22.3 Å². The molecule has 0 saturated carbocycles. The number of hydrogen-bond acceptors (Lipinski definition) is 5. The minimum absolute atomic E-state index is 0.461. The number of aromatic nitrogens is 4. The third-order valence-corrected chi connectivity index (χ3v) is 10.4. The summed E-state index contributed by atoms with van der Waals surface area (Å²) in [5, 5.41) is 7.26. The lowest BCUT2D eigenvalue weighted by Gasteiger charge is -2.18. The Bertz CT molecular complexity index is 2630. The van der Waals surface area contributed by atoms with Gasteiger partial charge in [-0.15, -0.1) is 0 Å². The standard InChI is InChI=1S/C23H20ClN3.C22H16Cl2N2/c1-14-12-20-23(15(2)22(14)16-8-10-26-11-9-16)18(13-21(25-3)27-20)17-6-4-5-7-19(17)24;1-13-11-19-22(14(2)21(13)15-7-9-25-10-8-15)17(12-20(24)26-19)16-5-3-4-6-18(16)23/h4-13H,1-3H3,(H,25,27);3-12H,1-2H3. The van der Waals surface area contributed by atoms with Gasteiger partial charge in [0, 0.05) is 63.8 Å². The highest BCUT2D eigenvalue weighted by Crippen LogP contribution is 2.42. The molecular formula is C45H36Cl3N5. The molecule has 8 heteroatoms. The number of anilines is 1. The van der Waals surface area contributed by atoms with E-state index in [1.54, 1.807) is 0 Å². The lowest BCUT2D eigenvalue weighted by atomic mass is 9.89. The number of benzene rings is 4. The molecule has 0 spiro atoms. The van der Waals surface area contributed by atoms with Crippen molar-refractivity contribution in [3.05, 3.63) is 159 Å². The molecule has 0 fully saturated rings. The maximum atomic E-state index is 6.55. The van der Waals surface area contributed by atoms with Crippen LogP contribution in [0.15, 0.2) is 122 Å². The van der Waals surface area contributed by atoms with Gasteiger partial charge >= 0.3 is 0 Å². The maximum Gasteiger partial charge on any atom is 0.130 e.